The van der Waals surface area contributed by atoms with E-state index in [-0.39, 0.29) is 36.1 Å². The maximum atomic E-state index is 12.8. The number of amides is 1. The van der Waals surface area contributed by atoms with Crippen LogP contribution in [-0.4, -0.2) is 66.7 Å². The molecule has 4 bridgehead atoms. The second kappa shape index (κ2) is 10.00. The first kappa shape index (κ1) is 27.5. The van der Waals surface area contributed by atoms with Gasteiger partial charge in [-0.2, -0.15) is 10.4 Å². The molecule has 216 valence electrons. The predicted octanol–water partition coefficient (Wildman–Crippen LogP) is 3.44. The van der Waals surface area contributed by atoms with Crippen LogP contribution in [0.25, 0.3) is 16.6 Å². The summed E-state index contributed by atoms with van der Waals surface area (Å²) in [5, 5.41) is 37.8. The molecule has 3 aromatic heterocycles. The molecule has 3 aromatic rings. The third-order valence-electron chi connectivity index (χ3n) is 8.84. The molecule has 7 rings (SSSR count). The van der Waals surface area contributed by atoms with E-state index in [2.05, 4.69) is 21.4 Å². The zero-order valence-corrected chi connectivity index (χ0v) is 24.0. The molecule has 4 fully saturated rings. The number of hydrogen-bond acceptors (Lipinski definition) is 8. The van der Waals surface area contributed by atoms with Gasteiger partial charge in [0.25, 0.3) is 0 Å². The number of anilines is 1. The van der Waals surface area contributed by atoms with Crippen LogP contribution in [0.4, 0.5) is 5.82 Å². The maximum absolute atomic E-state index is 12.8. The number of carbonyl (C=O) groups is 1. The number of nitriles is 1. The van der Waals surface area contributed by atoms with Crippen molar-refractivity contribution in [1.29, 1.82) is 5.26 Å². The zero-order chi connectivity index (χ0) is 29.1. The highest BCUT2D eigenvalue weighted by Crippen LogP contribution is 2.52. The second-order valence-electron chi connectivity index (χ2n) is 13.2. The Labute approximate surface area is 239 Å². The van der Waals surface area contributed by atoms with Crippen molar-refractivity contribution in [3.63, 3.8) is 0 Å². The van der Waals surface area contributed by atoms with E-state index in [1.807, 2.05) is 38.2 Å². The largest absolute Gasteiger partial charge is 0.489 e. The highest BCUT2D eigenvalue weighted by molar-refractivity contribution is 5.85. The van der Waals surface area contributed by atoms with Gasteiger partial charge in [-0.1, -0.05) is 13.8 Å². The summed E-state index contributed by atoms with van der Waals surface area (Å²) in [4.78, 5) is 20.1. The van der Waals surface area contributed by atoms with Crippen molar-refractivity contribution in [2.75, 3.05) is 11.5 Å². The molecule has 2 saturated carbocycles. The molecular weight excluding hydrogens is 520 g/mol. The van der Waals surface area contributed by atoms with Crippen LogP contribution >= 0.6 is 0 Å². The van der Waals surface area contributed by atoms with E-state index in [4.69, 9.17) is 9.72 Å². The normalized spacial score (nSPS) is 25.9. The average molecular weight is 559 g/mol. The Balaban J connectivity index is 1.27. The van der Waals surface area contributed by atoms with Crippen LogP contribution in [-0.2, 0) is 4.79 Å². The number of hydrogen-bond donors (Lipinski definition) is 3. The smallest absolute Gasteiger partial charge is 0.249 e. The number of nitrogens with one attached hydrogen (secondary N) is 1. The van der Waals surface area contributed by atoms with Crippen LogP contribution in [0.1, 0.15) is 65.4 Å². The number of pyridine rings is 2. The fraction of sp³-hybridized carbons (Fsp3) is 0.548. The molecule has 3 unspecified atom stereocenters. The van der Waals surface area contributed by atoms with E-state index in [0.717, 1.165) is 49.0 Å². The number of aliphatic hydroxyl groups excluding tert-OH is 1. The molecule has 10 heteroatoms. The number of fused-ring (bicyclic) bond motifs is 1. The van der Waals surface area contributed by atoms with E-state index in [1.165, 1.54) is 6.20 Å². The van der Waals surface area contributed by atoms with E-state index >= 15 is 0 Å². The molecular formula is C31H38N6O4. The summed E-state index contributed by atoms with van der Waals surface area (Å²) >= 11 is 0. The Morgan fingerprint density at radius 2 is 1.98 bits per heavy atom. The molecule has 1 amide bonds. The van der Waals surface area contributed by atoms with Crippen molar-refractivity contribution in [3.05, 3.63) is 42.4 Å². The van der Waals surface area contributed by atoms with Gasteiger partial charge >= 0.3 is 0 Å². The van der Waals surface area contributed by atoms with Gasteiger partial charge < -0.3 is 25.2 Å². The molecule has 2 aliphatic carbocycles. The van der Waals surface area contributed by atoms with Gasteiger partial charge in [0.2, 0.25) is 5.91 Å². The Hall–Kier alpha value is -3.68. The van der Waals surface area contributed by atoms with E-state index < -0.39 is 11.7 Å². The number of aromatic nitrogens is 3. The maximum Gasteiger partial charge on any atom is 0.249 e. The standard InChI is InChI=1S/C31H38N6O4/c1-18(2)28(38)29(39)35-31-10-19-7-22(11-31)37(23(8-19)12-31)26-6-5-20(14-33-26)25-9-24(41-17-30(3,4)40)16-36-27(25)21(13-32)15-34-36/h5-6,9,14-16,18-19,22-23,28,38,40H,7-8,10-12,17H2,1-4H3,(H,35,39)/t19?,22-,23+,28?,31?. The molecule has 3 N–H and O–H groups in total. The third-order valence-corrected chi connectivity index (χ3v) is 8.84. The fourth-order valence-corrected chi connectivity index (χ4v) is 7.23. The van der Waals surface area contributed by atoms with Crippen molar-refractivity contribution in [2.45, 2.75) is 89.1 Å². The Morgan fingerprint density at radius 3 is 2.59 bits per heavy atom. The van der Waals surface area contributed by atoms with Gasteiger partial charge in [-0.05, 0) is 76.0 Å². The van der Waals surface area contributed by atoms with Crippen molar-refractivity contribution < 1.29 is 19.7 Å². The topological polar surface area (TPSA) is 136 Å². The van der Waals surface area contributed by atoms with Crippen molar-refractivity contribution in [1.82, 2.24) is 19.9 Å². The Kier molecular flexibility index (Phi) is 6.70. The molecule has 0 radical (unpaired) electrons. The molecule has 10 nitrogen and oxygen atoms in total. The average Bonchev–Trinajstić information content (AvgIpc) is 3.33. The summed E-state index contributed by atoms with van der Waals surface area (Å²) in [5.41, 5.74) is 1.48. The highest BCUT2D eigenvalue weighted by Gasteiger charge is 2.55. The van der Waals surface area contributed by atoms with E-state index in [0.29, 0.717) is 22.7 Å². The van der Waals surface area contributed by atoms with Gasteiger partial charge in [-0.15, -0.1) is 0 Å². The van der Waals surface area contributed by atoms with Gasteiger partial charge in [0.15, 0.2) is 0 Å². The van der Waals surface area contributed by atoms with Crippen molar-refractivity contribution >= 4 is 17.2 Å². The molecule has 5 heterocycles. The van der Waals surface area contributed by atoms with Crippen LogP contribution in [0.2, 0.25) is 0 Å². The lowest BCUT2D eigenvalue weighted by atomic mass is 9.59. The highest BCUT2D eigenvalue weighted by atomic mass is 16.5. The van der Waals surface area contributed by atoms with Crippen LogP contribution < -0.4 is 15.0 Å². The van der Waals surface area contributed by atoms with Gasteiger partial charge in [0, 0.05) is 34.9 Å². The molecule has 2 saturated heterocycles. The van der Waals surface area contributed by atoms with Gasteiger partial charge in [-0.25, -0.2) is 9.50 Å². The fourth-order valence-electron chi connectivity index (χ4n) is 7.23. The number of ether oxygens (including phenoxy) is 1. The number of piperidine rings is 2. The molecule has 41 heavy (non-hydrogen) atoms. The van der Waals surface area contributed by atoms with Gasteiger partial charge in [0.05, 0.1) is 29.1 Å². The SMILES string of the molecule is CC(C)C(O)C(=O)NC12CC3C[C@H](C1)N(c1ccc(-c4cc(OCC(C)(C)O)cn5ncc(C#N)c45)cn1)[C@@H](C3)C2. The Bertz CT molecular complexity index is 1490. The third kappa shape index (κ3) is 5.13. The predicted molar refractivity (Wildman–Crippen MR) is 153 cm³/mol. The first-order valence-electron chi connectivity index (χ1n) is 14.5. The van der Waals surface area contributed by atoms with E-state index in [1.54, 1.807) is 24.6 Å². The summed E-state index contributed by atoms with van der Waals surface area (Å²) < 4.78 is 7.50. The summed E-state index contributed by atoms with van der Waals surface area (Å²) in [6.07, 6.45) is 8.92. The minimum Gasteiger partial charge on any atom is -0.489 e. The van der Waals surface area contributed by atoms with Crippen molar-refractivity contribution in [3.8, 4) is 22.9 Å². The lowest BCUT2D eigenvalue weighted by Gasteiger charge is -2.62. The first-order valence-corrected chi connectivity index (χ1v) is 14.5. The van der Waals surface area contributed by atoms with Gasteiger partial charge in [0.1, 0.15) is 30.3 Å². The van der Waals surface area contributed by atoms with E-state index in [9.17, 15) is 20.3 Å². The van der Waals surface area contributed by atoms with Crippen molar-refractivity contribution in [2.24, 2.45) is 11.8 Å². The first-order chi connectivity index (χ1) is 19.4. The second-order valence-corrected chi connectivity index (χ2v) is 13.2. The lowest BCUT2D eigenvalue weighted by molar-refractivity contribution is -0.135. The zero-order valence-electron chi connectivity index (χ0n) is 24.0. The summed E-state index contributed by atoms with van der Waals surface area (Å²) in [6.45, 7) is 7.19. The number of nitrogens with zero attached hydrogens (tertiary/aromatic N) is 5. The lowest BCUT2D eigenvalue weighted by Crippen LogP contribution is -2.70. The summed E-state index contributed by atoms with van der Waals surface area (Å²) in [7, 11) is 0. The molecule has 0 spiro atoms. The molecule has 5 atom stereocenters. The molecule has 2 aliphatic heterocycles. The number of carbonyl (C=O) groups excluding carboxylic acids is 1. The Morgan fingerprint density at radius 1 is 1.24 bits per heavy atom. The quantitative estimate of drug-likeness (QED) is 0.383. The monoisotopic (exact) mass is 558 g/mol. The van der Waals surface area contributed by atoms with Crippen LogP contribution in [0.3, 0.4) is 0 Å². The summed E-state index contributed by atoms with van der Waals surface area (Å²) in [5.74, 6) is 1.63. The molecule has 4 aliphatic rings. The van der Waals surface area contributed by atoms with Crippen LogP contribution in [0.5, 0.6) is 5.75 Å². The van der Waals surface area contributed by atoms with Crippen LogP contribution in [0.15, 0.2) is 36.8 Å². The minimum atomic E-state index is -0.997. The van der Waals surface area contributed by atoms with Gasteiger partial charge in [-0.3, -0.25) is 4.79 Å². The summed E-state index contributed by atoms with van der Waals surface area (Å²) in [6, 6.07) is 8.70. The number of rotatable bonds is 8. The molecule has 0 aromatic carbocycles. The van der Waals surface area contributed by atoms with Crippen LogP contribution in [0, 0.1) is 23.2 Å². The minimum absolute atomic E-state index is 0.110. The number of aliphatic hydroxyl groups is 2.